The summed E-state index contributed by atoms with van der Waals surface area (Å²) in [7, 11) is 1.58. The van der Waals surface area contributed by atoms with Gasteiger partial charge in [-0.1, -0.05) is 17.7 Å². The van der Waals surface area contributed by atoms with Crippen molar-refractivity contribution in [1.29, 1.82) is 0 Å². The van der Waals surface area contributed by atoms with E-state index in [-0.39, 0.29) is 12.0 Å². The van der Waals surface area contributed by atoms with Gasteiger partial charge < -0.3 is 15.2 Å². The summed E-state index contributed by atoms with van der Waals surface area (Å²) in [5.74, 6) is -0.394. The Bertz CT molecular complexity index is 436. The van der Waals surface area contributed by atoms with Crippen LogP contribution in [0.5, 0.6) is 5.75 Å². The number of halogens is 1. The fourth-order valence-electron chi connectivity index (χ4n) is 2.08. The number of benzene rings is 1. The van der Waals surface area contributed by atoms with Crippen LogP contribution >= 0.6 is 11.6 Å². The molecule has 2 N–H and O–H groups in total. The lowest BCUT2D eigenvalue weighted by Gasteiger charge is -2.13. The van der Waals surface area contributed by atoms with Gasteiger partial charge in [0, 0.05) is 17.6 Å². The average molecular weight is 256 g/mol. The molecular formula is C12H14ClNO3. The van der Waals surface area contributed by atoms with Gasteiger partial charge in [0.15, 0.2) is 0 Å². The molecule has 1 fully saturated rings. The van der Waals surface area contributed by atoms with Crippen molar-refractivity contribution in [3.8, 4) is 5.75 Å². The molecule has 0 amide bonds. The number of ether oxygens (including phenoxy) is 1. The molecule has 92 valence electrons. The Morgan fingerprint density at radius 2 is 2.35 bits per heavy atom. The van der Waals surface area contributed by atoms with Gasteiger partial charge in [0.1, 0.15) is 5.75 Å². The van der Waals surface area contributed by atoms with Crippen LogP contribution in [-0.4, -0.2) is 24.7 Å². The third-order valence-corrected chi connectivity index (χ3v) is 3.39. The van der Waals surface area contributed by atoms with E-state index in [0.29, 0.717) is 23.7 Å². The molecule has 2 atom stereocenters. The topological polar surface area (TPSA) is 58.6 Å². The number of methoxy groups -OCH3 is 1. The Morgan fingerprint density at radius 1 is 1.59 bits per heavy atom. The quantitative estimate of drug-likeness (QED) is 0.868. The van der Waals surface area contributed by atoms with Crippen LogP contribution in [0.2, 0.25) is 5.02 Å². The summed E-state index contributed by atoms with van der Waals surface area (Å²) in [5, 5.41) is 12.7. The number of aliphatic carboxylic acids is 1. The van der Waals surface area contributed by atoms with Gasteiger partial charge in [0.25, 0.3) is 0 Å². The molecule has 0 aliphatic carbocycles. The fourth-order valence-corrected chi connectivity index (χ4v) is 2.38. The van der Waals surface area contributed by atoms with Crippen molar-refractivity contribution in [2.45, 2.75) is 12.5 Å². The first-order valence-electron chi connectivity index (χ1n) is 5.41. The summed E-state index contributed by atoms with van der Waals surface area (Å²) in [4.78, 5) is 10.9. The smallest absolute Gasteiger partial charge is 0.307 e. The van der Waals surface area contributed by atoms with Gasteiger partial charge in [-0.15, -0.1) is 0 Å². The summed E-state index contributed by atoms with van der Waals surface area (Å²) in [6.07, 6.45) is 0.571. The number of nitrogens with one attached hydrogen (secondary N) is 1. The molecule has 17 heavy (non-hydrogen) atoms. The van der Waals surface area contributed by atoms with Crippen LogP contribution in [0.1, 0.15) is 18.0 Å². The standard InChI is InChI=1S/C12H14ClNO3/c1-17-8-2-3-9(10(13)5-8)11-4-7(6-14-11)12(15)16/h2-3,5,7,11,14H,4,6H2,1H3,(H,15,16). The summed E-state index contributed by atoms with van der Waals surface area (Å²) >= 11 is 6.15. The largest absolute Gasteiger partial charge is 0.497 e. The van der Waals surface area contributed by atoms with Crippen molar-refractivity contribution in [1.82, 2.24) is 5.32 Å². The number of carboxylic acid groups (broad SMARTS) is 1. The maximum absolute atomic E-state index is 10.9. The zero-order chi connectivity index (χ0) is 12.4. The molecule has 0 radical (unpaired) electrons. The van der Waals surface area contributed by atoms with Crippen molar-refractivity contribution in [2.75, 3.05) is 13.7 Å². The molecule has 0 bridgehead atoms. The summed E-state index contributed by atoms with van der Waals surface area (Å²) < 4.78 is 5.07. The molecule has 1 aliphatic rings. The molecule has 1 aliphatic heterocycles. The maximum Gasteiger partial charge on any atom is 0.307 e. The SMILES string of the molecule is COc1ccc(C2CC(C(=O)O)CN2)c(Cl)c1. The van der Waals surface area contributed by atoms with Crippen LogP contribution in [0.3, 0.4) is 0 Å². The molecule has 1 aromatic rings. The highest BCUT2D eigenvalue weighted by molar-refractivity contribution is 6.31. The highest BCUT2D eigenvalue weighted by Crippen LogP contribution is 2.33. The summed E-state index contributed by atoms with van der Waals surface area (Å²) in [5.41, 5.74) is 0.927. The van der Waals surface area contributed by atoms with Gasteiger partial charge in [-0.25, -0.2) is 0 Å². The molecule has 0 saturated carbocycles. The lowest BCUT2D eigenvalue weighted by Crippen LogP contribution is -2.17. The number of carboxylic acids is 1. The monoisotopic (exact) mass is 255 g/mol. The van der Waals surface area contributed by atoms with Gasteiger partial charge in [-0.3, -0.25) is 4.79 Å². The van der Waals surface area contributed by atoms with E-state index in [1.807, 2.05) is 12.1 Å². The van der Waals surface area contributed by atoms with E-state index in [1.54, 1.807) is 13.2 Å². The van der Waals surface area contributed by atoms with Gasteiger partial charge in [-0.2, -0.15) is 0 Å². The minimum atomic E-state index is -0.760. The van der Waals surface area contributed by atoms with Crippen molar-refractivity contribution < 1.29 is 14.6 Å². The van der Waals surface area contributed by atoms with E-state index in [4.69, 9.17) is 21.4 Å². The third-order valence-electron chi connectivity index (χ3n) is 3.06. The number of hydrogen-bond donors (Lipinski definition) is 2. The summed E-state index contributed by atoms with van der Waals surface area (Å²) in [6.45, 7) is 0.488. The molecular weight excluding hydrogens is 242 g/mol. The molecule has 1 saturated heterocycles. The zero-order valence-corrected chi connectivity index (χ0v) is 10.2. The number of hydrogen-bond acceptors (Lipinski definition) is 3. The molecule has 1 heterocycles. The van der Waals surface area contributed by atoms with E-state index < -0.39 is 5.97 Å². The third kappa shape index (κ3) is 2.53. The minimum absolute atomic E-state index is 0.00880. The molecule has 5 heteroatoms. The van der Waals surface area contributed by atoms with Crippen LogP contribution in [0, 0.1) is 5.92 Å². The first kappa shape index (κ1) is 12.2. The Kier molecular flexibility index (Phi) is 3.54. The van der Waals surface area contributed by atoms with Gasteiger partial charge >= 0.3 is 5.97 Å². The molecule has 2 rings (SSSR count). The predicted octanol–water partition coefficient (Wildman–Crippen LogP) is 2.08. The van der Waals surface area contributed by atoms with Crippen molar-refractivity contribution in [3.05, 3.63) is 28.8 Å². The van der Waals surface area contributed by atoms with Crippen LogP contribution in [0.25, 0.3) is 0 Å². The Morgan fingerprint density at radius 3 is 2.88 bits per heavy atom. The Labute approximate surface area is 105 Å². The van der Waals surface area contributed by atoms with E-state index in [0.717, 1.165) is 5.56 Å². The molecule has 1 aromatic carbocycles. The van der Waals surface area contributed by atoms with E-state index in [9.17, 15) is 4.79 Å². The minimum Gasteiger partial charge on any atom is -0.497 e. The first-order chi connectivity index (χ1) is 8.11. The van der Waals surface area contributed by atoms with Crippen LogP contribution in [-0.2, 0) is 4.79 Å². The Balaban J connectivity index is 2.16. The van der Waals surface area contributed by atoms with Crippen molar-refractivity contribution in [3.63, 3.8) is 0 Å². The van der Waals surface area contributed by atoms with E-state index >= 15 is 0 Å². The van der Waals surface area contributed by atoms with Crippen molar-refractivity contribution >= 4 is 17.6 Å². The first-order valence-corrected chi connectivity index (χ1v) is 5.79. The number of carbonyl (C=O) groups is 1. The normalized spacial score (nSPS) is 23.6. The maximum atomic E-state index is 10.9. The molecule has 4 nitrogen and oxygen atoms in total. The van der Waals surface area contributed by atoms with Gasteiger partial charge in [0.05, 0.1) is 13.0 Å². The predicted molar refractivity (Wildman–Crippen MR) is 64.5 cm³/mol. The summed E-state index contributed by atoms with van der Waals surface area (Å²) in [6, 6.07) is 5.46. The zero-order valence-electron chi connectivity index (χ0n) is 9.44. The lowest BCUT2D eigenvalue weighted by atomic mass is 10.00. The van der Waals surface area contributed by atoms with Crippen LogP contribution < -0.4 is 10.1 Å². The second-order valence-electron chi connectivity index (χ2n) is 4.12. The van der Waals surface area contributed by atoms with E-state index in [2.05, 4.69) is 5.32 Å². The van der Waals surface area contributed by atoms with Crippen molar-refractivity contribution in [2.24, 2.45) is 5.92 Å². The number of rotatable bonds is 3. The molecule has 0 spiro atoms. The fraction of sp³-hybridized carbons (Fsp3) is 0.417. The molecule has 0 aromatic heterocycles. The van der Waals surface area contributed by atoms with Gasteiger partial charge in [-0.05, 0) is 24.1 Å². The average Bonchev–Trinajstić information content (AvgIpc) is 2.78. The van der Waals surface area contributed by atoms with Crippen LogP contribution in [0.4, 0.5) is 0 Å². The molecule has 2 unspecified atom stereocenters. The van der Waals surface area contributed by atoms with E-state index in [1.165, 1.54) is 0 Å². The Hall–Kier alpha value is -1.26. The second-order valence-corrected chi connectivity index (χ2v) is 4.53. The van der Waals surface area contributed by atoms with Gasteiger partial charge in [0.2, 0.25) is 0 Å². The highest BCUT2D eigenvalue weighted by atomic mass is 35.5. The van der Waals surface area contributed by atoms with Crippen LogP contribution in [0.15, 0.2) is 18.2 Å². The highest BCUT2D eigenvalue weighted by Gasteiger charge is 2.31. The lowest BCUT2D eigenvalue weighted by molar-refractivity contribution is -0.141. The second kappa shape index (κ2) is 4.94.